The summed E-state index contributed by atoms with van der Waals surface area (Å²) < 4.78 is 26.9. The number of sulfonamides is 1. The molecule has 0 radical (unpaired) electrons. The van der Waals surface area contributed by atoms with Crippen LogP contribution in [0.25, 0.3) is 0 Å². The summed E-state index contributed by atoms with van der Waals surface area (Å²) in [5.41, 5.74) is 7.93. The van der Waals surface area contributed by atoms with Crippen molar-refractivity contribution < 1.29 is 8.42 Å². The molecular formula is C15H19N3O2S. The third-order valence-electron chi connectivity index (χ3n) is 3.14. The zero-order valence-electron chi connectivity index (χ0n) is 12.1. The normalized spacial score (nSPS) is 11.6. The minimum atomic E-state index is -3.67. The summed E-state index contributed by atoms with van der Waals surface area (Å²) in [4.78, 5) is 3.93. The van der Waals surface area contributed by atoms with E-state index < -0.39 is 10.0 Å². The summed E-state index contributed by atoms with van der Waals surface area (Å²) in [6, 6.07) is 10.4. The molecule has 3 N–H and O–H groups in total. The molecule has 6 heteroatoms. The van der Waals surface area contributed by atoms with Crippen LogP contribution in [0.15, 0.2) is 47.6 Å². The van der Waals surface area contributed by atoms with Crippen LogP contribution in [0, 0.1) is 0 Å². The number of anilines is 1. The van der Waals surface area contributed by atoms with E-state index in [0.29, 0.717) is 18.2 Å². The molecule has 0 bridgehead atoms. The van der Waals surface area contributed by atoms with Crippen molar-refractivity contribution in [2.24, 2.45) is 5.73 Å². The number of aromatic nitrogens is 1. The van der Waals surface area contributed by atoms with Crippen molar-refractivity contribution in [3.63, 3.8) is 0 Å². The van der Waals surface area contributed by atoms with E-state index in [2.05, 4.69) is 23.6 Å². The topological polar surface area (TPSA) is 85.1 Å². The van der Waals surface area contributed by atoms with Crippen LogP contribution < -0.4 is 10.5 Å². The van der Waals surface area contributed by atoms with Crippen LogP contribution in [0.5, 0.6) is 0 Å². The van der Waals surface area contributed by atoms with Crippen LogP contribution in [0.4, 0.5) is 5.69 Å². The van der Waals surface area contributed by atoms with Gasteiger partial charge in [-0.2, -0.15) is 8.42 Å². The number of hydrogen-bond acceptors (Lipinski definition) is 4. The molecule has 0 fully saturated rings. The second kappa shape index (κ2) is 6.24. The molecule has 1 heterocycles. The first-order valence-corrected chi connectivity index (χ1v) is 8.18. The van der Waals surface area contributed by atoms with Crippen LogP contribution in [0.3, 0.4) is 0 Å². The van der Waals surface area contributed by atoms with Gasteiger partial charge in [0.05, 0.1) is 0 Å². The molecule has 1 aromatic carbocycles. The molecule has 0 atom stereocenters. The van der Waals surface area contributed by atoms with Gasteiger partial charge < -0.3 is 5.73 Å². The standard InChI is InChI=1S/C15H19N3O2S/c1-11(2)13-4-6-14(7-5-13)18-21(19,20)15-8-3-12(9-16)10-17-15/h3-8,10-11,18H,9,16H2,1-2H3. The number of nitrogens with zero attached hydrogens (tertiary/aromatic N) is 1. The quantitative estimate of drug-likeness (QED) is 0.888. The van der Waals surface area contributed by atoms with Gasteiger partial charge >= 0.3 is 0 Å². The van der Waals surface area contributed by atoms with Crippen molar-refractivity contribution in [2.45, 2.75) is 31.3 Å². The van der Waals surface area contributed by atoms with E-state index in [1.165, 1.54) is 12.3 Å². The predicted molar refractivity (Wildman–Crippen MR) is 83.5 cm³/mol. The number of pyridine rings is 1. The molecule has 1 aromatic heterocycles. The highest BCUT2D eigenvalue weighted by atomic mass is 32.2. The lowest BCUT2D eigenvalue weighted by atomic mass is 10.0. The first-order valence-electron chi connectivity index (χ1n) is 6.70. The molecule has 112 valence electrons. The maximum absolute atomic E-state index is 12.2. The highest BCUT2D eigenvalue weighted by Gasteiger charge is 2.15. The van der Waals surface area contributed by atoms with Crippen LogP contribution in [0.2, 0.25) is 0 Å². The molecule has 21 heavy (non-hydrogen) atoms. The first kappa shape index (κ1) is 15.5. The summed E-state index contributed by atoms with van der Waals surface area (Å²) in [5, 5.41) is -0.0207. The number of rotatable bonds is 5. The average Bonchev–Trinajstić information content (AvgIpc) is 2.47. The zero-order chi connectivity index (χ0) is 15.5. The molecule has 0 unspecified atom stereocenters. The van der Waals surface area contributed by atoms with Gasteiger partial charge in [0.1, 0.15) is 0 Å². The average molecular weight is 305 g/mol. The second-order valence-electron chi connectivity index (χ2n) is 5.09. The van der Waals surface area contributed by atoms with Gasteiger partial charge in [0.2, 0.25) is 0 Å². The molecule has 0 saturated carbocycles. The van der Waals surface area contributed by atoms with Crippen molar-refractivity contribution >= 4 is 15.7 Å². The summed E-state index contributed by atoms with van der Waals surface area (Å²) in [6.45, 7) is 4.50. The van der Waals surface area contributed by atoms with E-state index in [4.69, 9.17) is 5.73 Å². The Hall–Kier alpha value is -1.92. The molecular weight excluding hydrogens is 286 g/mol. The van der Waals surface area contributed by atoms with Crippen LogP contribution in [-0.4, -0.2) is 13.4 Å². The summed E-state index contributed by atoms with van der Waals surface area (Å²) in [5.74, 6) is 0.404. The SMILES string of the molecule is CC(C)c1ccc(NS(=O)(=O)c2ccc(CN)cn2)cc1. The fourth-order valence-corrected chi connectivity index (χ4v) is 2.82. The first-order chi connectivity index (χ1) is 9.92. The maximum atomic E-state index is 12.2. The predicted octanol–water partition coefficient (Wildman–Crippen LogP) is 2.46. The fraction of sp³-hybridized carbons (Fsp3) is 0.267. The lowest BCUT2D eigenvalue weighted by molar-refractivity contribution is 0.597. The van der Waals surface area contributed by atoms with E-state index in [0.717, 1.165) is 11.1 Å². The van der Waals surface area contributed by atoms with E-state index in [-0.39, 0.29) is 5.03 Å². The van der Waals surface area contributed by atoms with Gasteiger partial charge in [-0.05, 0) is 35.2 Å². The molecule has 0 aliphatic rings. The Morgan fingerprint density at radius 2 is 1.81 bits per heavy atom. The third-order valence-corrected chi connectivity index (χ3v) is 4.43. The highest BCUT2D eigenvalue weighted by molar-refractivity contribution is 7.92. The zero-order valence-corrected chi connectivity index (χ0v) is 12.9. The van der Waals surface area contributed by atoms with Crippen LogP contribution in [-0.2, 0) is 16.6 Å². The van der Waals surface area contributed by atoms with Gasteiger partial charge in [-0.25, -0.2) is 4.98 Å². The van der Waals surface area contributed by atoms with Crippen molar-refractivity contribution in [3.8, 4) is 0 Å². The van der Waals surface area contributed by atoms with Crippen LogP contribution in [0.1, 0.15) is 30.9 Å². The van der Waals surface area contributed by atoms with Crippen molar-refractivity contribution in [2.75, 3.05) is 4.72 Å². The Morgan fingerprint density at radius 3 is 2.29 bits per heavy atom. The molecule has 0 aliphatic carbocycles. The molecule has 0 saturated heterocycles. The van der Waals surface area contributed by atoms with Gasteiger partial charge in [0, 0.05) is 18.4 Å². The number of benzene rings is 1. The summed E-state index contributed by atoms with van der Waals surface area (Å²) in [6.07, 6.45) is 1.47. The largest absolute Gasteiger partial charge is 0.326 e. The lowest BCUT2D eigenvalue weighted by Crippen LogP contribution is -2.14. The van der Waals surface area contributed by atoms with Crippen LogP contribution >= 0.6 is 0 Å². The third kappa shape index (κ3) is 3.80. The summed E-state index contributed by atoms with van der Waals surface area (Å²) >= 11 is 0. The van der Waals surface area contributed by atoms with Gasteiger partial charge in [-0.3, -0.25) is 4.72 Å². The van der Waals surface area contributed by atoms with E-state index in [9.17, 15) is 8.42 Å². The number of hydrogen-bond donors (Lipinski definition) is 2. The lowest BCUT2D eigenvalue weighted by Gasteiger charge is -2.10. The number of nitrogens with one attached hydrogen (secondary N) is 1. The monoisotopic (exact) mass is 305 g/mol. The Morgan fingerprint density at radius 1 is 1.14 bits per heavy atom. The molecule has 0 amide bonds. The van der Waals surface area contributed by atoms with Gasteiger partial charge in [0.25, 0.3) is 10.0 Å². The van der Waals surface area contributed by atoms with Crippen molar-refractivity contribution in [1.29, 1.82) is 0 Å². The summed E-state index contributed by atoms with van der Waals surface area (Å²) in [7, 11) is -3.67. The molecule has 5 nitrogen and oxygen atoms in total. The second-order valence-corrected chi connectivity index (χ2v) is 6.72. The molecule has 0 aliphatic heterocycles. The Bertz CT molecular complexity index is 693. The van der Waals surface area contributed by atoms with Gasteiger partial charge in [-0.15, -0.1) is 0 Å². The Labute approximate surface area is 125 Å². The molecule has 0 spiro atoms. The molecule has 2 rings (SSSR count). The van der Waals surface area contributed by atoms with E-state index in [1.807, 2.05) is 12.1 Å². The Balaban J connectivity index is 2.19. The number of nitrogens with two attached hydrogens (primary N) is 1. The Kier molecular flexibility index (Phi) is 4.59. The fourth-order valence-electron chi connectivity index (χ4n) is 1.83. The van der Waals surface area contributed by atoms with E-state index in [1.54, 1.807) is 18.2 Å². The highest BCUT2D eigenvalue weighted by Crippen LogP contribution is 2.19. The minimum Gasteiger partial charge on any atom is -0.326 e. The molecule has 2 aromatic rings. The minimum absolute atomic E-state index is 0.0207. The van der Waals surface area contributed by atoms with Crippen molar-refractivity contribution in [1.82, 2.24) is 4.98 Å². The smallest absolute Gasteiger partial charge is 0.279 e. The van der Waals surface area contributed by atoms with Gasteiger partial charge in [-0.1, -0.05) is 32.0 Å². The van der Waals surface area contributed by atoms with Gasteiger partial charge in [0.15, 0.2) is 5.03 Å². The maximum Gasteiger partial charge on any atom is 0.279 e. The van der Waals surface area contributed by atoms with Crippen molar-refractivity contribution in [3.05, 3.63) is 53.7 Å². The van der Waals surface area contributed by atoms with E-state index >= 15 is 0 Å².